The van der Waals surface area contributed by atoms with Crippen LogP contribution in [0.1, 0.15) is 226 Å². The van der Waals surface area contributed by atoms with Crippen LogP contribution in [0.5, 0.6) is 0 Å². The Morgan fingerprint density at radius 2 is 0.800 bits per heavy atom. The fourth-order valence-electron chi connectivity index (χ4n) is 6.54. The van der Waals surface area contributed by atoms with Crippen LogP contribution < -0.4 is 5.73 Å². The number of unbranched alkanes of at least 4 members (excludes halogenated alkanes) is 29. The highest BCUT2D eigenvalue weighted by Crippen LogP contribution is 2.43. The lowest BCUT2D eigenvalue weighted by molar-refractivity contribution is -0.161. The molecule has 0 aliphatic heterocycles. The minimum Gasteiger partial charge on any atom is -0.480 e. The van der Waals surface area contributed by atoms with Crippen LogP contribution in [0.4, 0.5) is 0 Å². The van der Waals surface area contributed by atoms with E-state index in [1.54, 1.807) is 0 Å². The summed E-state index contributed by atoms with van der Waals surface area (Å²) in [6.45, 7) is 2.80. The fourth-order valence-corrected chi connectivity index (χ4v) is 7.32. The van der Waals surface area contributed by atoms with Gasteiger partial charge in [0.25, 0.3) is 0 Å². The number of hydrogen-bond donors (Lipinski definition) is 3. The van der Waals surface area contributed by atoms with Crippen LogP contribution >= 0.6 is 7.82 Å². The summed E-state index contributed by atoms with van der Waals surface area (Å²) in [4.78, 5) is 45.8. The first kappa shape index (κ1) is 53.5. The van der Waals surface area contributed by atoms with Gasteiger partial charge in [-0.05, 0) is 12.8 Å². The van der Waals surface area contributed by atoms with E-state index in [1.165, 1.54) is 148 Å². The Balaban J connectivity index is 4.12. The maximum atomic E-state index is 12.5. The summed E-state index contributed by atoms with van der Waals surface area (Å²) < 4.78 is 32.6. The second kappa shape index (κ2) is 39.3. The Morgan fingerprint density at radius 3 is 1.15 bits per heavy atom. The summed E-state index contributed by atoms with van der Waals surface area (Å²) in [5.74, 6) is -2.36. The van der Waals surface area contributed by atoms with Gasteiger partial charge in [0.05, 0.1) is 13.2 Å². The predicted octanol–water partition coefficient (Wildman–Crippen LogP) is 11.9. The highest BCUT2D eigenvalue weighted by atomic mass is 31.2. The van der Waals surface area contributed by atoms with E-state index in [-0.39, 0.29) is 19.4 Å². The molecule has 0 aromatic carbocycles. The number of esters is 2. The van der Waals surface area contributed by atoms with E-state index in [2.05, 4.69) is 18.4 Å². The Hall–Kier alpha value is -1.52. The van der Waals surface area contributed by atoms with Crippen molar-refractivity contribution in [2.75, 3.05) is 19.8 Å². The normalized spacial score (nSPS) is 13.7. The maximum absolute atomic E-state index is 12.5. The molecule has 0 rings (SSSR count). The minimum atomic E-state index is -4.70. The van der Waals surface area contributed by atoms with Crippen molar-refractivity contribution in [3.63, 3.8) is 0 Å². The standard InChI is InChI=1S/C43H84NO10P/c1-3-5-7-9-11-13-14-15-16-17-18-19-20-21-22-23-24-25-27-28-30-32-34-41(45)51-36-39(37-52-55(49,50)53-38-40(44)43(47)48)54-42(46)35-33-31-29-26-12-10-8-6-4-2/h39-40H,3-38,44H2,1-2H3,(H,47,48)(H,49,50)/t39-,40+/m0/s1. The Labute approximate surface area is 335 Å². The number of phosphoric ester groups is 1. The third-order valence-electron chi connectivity index (χ3n) is 10.1. The molecular weight excluding hydrogens is 721 g/mol. The van der Waals surface area contributed by atoms with Crippen molar-refractivity contribution < 1.29 is 47.5 Å². The van der Waals surface area contributed by atoms with Gasteiger partial charge >= 0.3 is 25.7 Å². The molecule has 326 valence electrons. The first-order valence-electron chi connectivity index (χ1n) is 22.6. The van der Waals surface area contributed by atoms with E-state index in [0.717, 1.165) is 38.5 Å². The summed E-state index contributed by atoms with van der Waals surface area (Å²) >= 11 is 0. The number of nitrogens with two attached hydrogens (primary N) is 1. The number of carbonyl (C=O) groups excluding carboxylic acids is 2. The van der Waals surface area contributed by atoms with Gasteiger partial charge in [-0.25, -0.2) is 4.57 Å². The van der Waals surface area contributed by atoms with Crippen molar-refractivity contribution in [3.8, 4) is 0 Å². The zero-order valence-corrected chi connectivity index (χ0v) is 36.2. The number of carboxylic acid groups (broad SMARTS) is 1. The highest BCUT2D eigenvalue weighted by molar-refractivity contribution is 7.47. The molecule has 0 aliphatic carbocycles. The van der Waals surface area contributed by atoms with E-state index in [0.29, 0.717) is 12.8 Å². The Kier molecular flexibility index (Phi) is 38.2. The average molecular weight is 806 g/mol. The molecule has 0 amide bonds. The molecule has 12 heteroatoms. The van der Waals surface area contributed by atoms with E-state index in [4.69, 9.17) is 24.8 Å². The number of carbonyl (C=O) groups is 3. The highest BCUT2D eigenvalue weighted by Gasteiger charge is 2.28. The molecule has 3 atom stereocenters. The number of aliphatic carboxylic acids is 1. The summed E-state index contributed by atoms with van der Waals surface area (Å²) in [6.07, 6.45) is 37.6. The summed E-state index contributed by atoms with van der Waals surface area (Å²) in [5, 5.41) is 8.87. The van der Waals surface area contributed by atoms with Gasteiger partial charge in [0, 0.05) is 12.8 Å². The molecule has 55 heavy (non-hydrogen) atoms. The smallest absolute Gasteiger partial charge is 0.472 e. The van der Waals surface area contributed by atoms with Crippen LogP contribution in [0.2, 0.25) is 0 Å². The molecule has 0 saturated carbocycles. The molecule has 11 nitrogen and oxygen atoms in total. The largest absolute Gasteiger partial charge is 0.480 e. The number of phosphoric acid groups is 1. The van der Waals surface area contributed by atoms with Gasteiger partial charge in [-0.2, -0.15) is 0 Å². The third-order valence-corrected chi connectivity index (χ3v) is 11.1. The van der Waals surface area contributed by atoms with Crippen molar-refractivity contribution in [2.24, 2.45) is 5.73 Å². The van der Waals surface area contributed by atoms with E-state index in [1.807, 2.05) is 0 Å². The van der Waals surface area contributed by atoms with Gasteiger partial charge in [-0.3, -0.25) is 23.4 Å². The number of ether oxygens (including phenoxy) is 2. The molecule has 4 N–H and O–H groups in total. The second-order valence-corrected chi connectivity index (χ2v) is 17.0. The molecule has 0 bridgehead atoms. The molecule has 0 aliphatic rings. The number of hydrogen-bond acceptors (Lipinski definition) is 9. The van der Waals surface area contributed by atoms with Gasteiger partial charge in [0.2, 0.25) is 0 Å². The first-order valence-corrected chi connectivity index (χ1v) is 24.1. The van der Waals surface area contributed by atoms with Gasteiger partial charge < -0.3 is 25.2 Å². The van der Waals surface area contributed by atoms with Crippen molar-refractivity contribution in [1.29, 1.82) is 0 Å². The lowest BCUT2D eigenvalue weighted by atomic mass is 10.0. The van der Waals surface area contributed by atoms with Crippen molar-refractivity contribution in [2.45, 2.75) is 238 Å². The Bertz CT molecular complexity index is 952. The van der Waals surface area contributed by atoms with Crippen LogP contribution in [-0.4, -0.2) is 59.9 Å². The molecule has 0 saturated heterocycles. The minimum absolute atomic E-state index is 0.167. The van der Waals surface area contributed by atoms with Crippen LogP contribution in [0.3, 0.4) is 0 Å². The second-order valence-electron chi connectivity index (χ2n) is 15.6. The van der Waals surface area contributed by atoms with Crippen LogP contribution in [0.15, 0.2) is 0 Å². The quantitative estimate of drug-likeness (QED) is 0.0304. The zero-order chi connectivity index (χ0) is 40.7. The summed E-state index contributed by atoms with van der Waals surface area (Å²) in [7, 11) is -4.70. The first-order chi connectivity index (χ1) is 26.6. The van der Waals surface area contributed by atoms with Gasteiger partial charge in [-0.1, -0.05) is 200 Å². The lowest BCUT2D eigenvalue weighted by Gasteiger charge is -2.20. The van der Waals surface area contributed by atoms with Crippen molar-refractivity contribution >= 4 is 25.7 Å². The zero-order valence-electron chi connectivity index (χ0n) is 35.3. The van der Waals surface area contributed by atoms with Crippen LogP contribution in [0.25, 0.3) is 0 Å². The molecule has 0 fully saturated rings. The van der Waals surface area contributed by atoms with Gasteiger partial charge in [0.15, 0.2) is 6.10 Å². The topological polar surface area (TPSA) is 172 Å². The van der Waals surface area contributed by atoms with Gasteiger partial charge in [0.1, 0.15) is 12.6 Å². The van der Waals surface area contributed by atoms with Crippen molar-refractivity contribution in [3.05, 3.63) is 0 Å². The molecular formula is C43H84NO10P. The average Bonchev–Trinajstić information content (AvgIpc) is 3.16. The summed E-state index contributed by atoms with van der Waals surface area (Å²) in [6, 6.07) is -1.52. The van der Waals surface area contributed by atoms with E-state index >= 15 is 0 Å². The predicted molar refractivity (Wildman–Crippen MR) is 222 cm³/mol. The van der Waals surface area contributed by atoms with E-state index < -0.39 is 51.1 Å². The summed E-state index contributed by atoms with van der Waals surface area (Å²) in [5.41, 5.74) is 5.32. The van der Waals surface area contributed by atoms with Gasteiger partial charge in [-0.15, -0.1) is 0 Å². The molecule has 0 radical (unpaired) electrons. The number of carboxylic acids is 1. The Morgan fingerprint density at radius 1 is 0.491 bits per heavy atom. The number of rotatable bonds is 43. The SMILES string of the molecule is CCCCCCCCCCCCCCCCCCCCCCCCC(=O)OC[C@@H](COP(=O)(O)OC[C@@H](N)C(=O)O)OC(=O)CCCCCCCCCCC. The van der Waals surface area contributed by atoms with Crippen molar-refractivity contribution in [1.82, 2.24) is 0 Å². The van der Waals surface area contributed by atoms with Crippen LogP contribution in [-0.2, 0) is 37.5 Å². The maximum Gasteiger partial charge on any atom is 0.472 e. The van der Waals surface area contributed by atoms with Crippen LogP contribution in [0, 0.1) is 0 Å². The monoisotopic (exact) mass is 806 g/mol. The molecule has 0 aromatic heterocycles. The fraction of sp³-hybridized carbons (Fsp3) is 0.930. The third kappa shape index (κ3) is 39.1. The molecule has 0 heterocycles. The van der Waals surface area contributed by atoms with E-state index in [9.17, 15) is 23.8 Å². The molecule has 0 spiro atoms. The lowest BCUT2D eigenvalue weighted by Crippen LogP contribution is -2.34. The molecule has 1 unspecified atom stereocenters. The molecule has 0 aromatic rings.